The van der Waals surface area contributed by atoms with E-state index in [9.17, 15) is 19.7 Å². The van der Waals surface area contributed by atoms with Crippen molar-refractivity contribution in [2.24, 2.45) is 0 Å². The number of amides is 1. The molecule has 2 rings (SSSR count). The van der Waals surface area contributed by atoms with Crippen molar-refractivity contribution < 1.29 is 33.7 Å². The van der Waals surface area contributed by atoms with Crippen LogP contribution in [0.25, 0.3) is 11.0 Å². The van der Waals surface area contributed by atoms with Crippen LogP contribution in [0.15, 0.2) is 16.8 Å². The van der Waals surface area contributed by atoms with E-state index in [1.54, 1.807) is 0 Å². The number of carbonyl (C=O) groups excluding carboxylic acids is 1. The van der Waals surface area contributed by atoms with E-state index in [2.05, 4.69) is 25.6 Å². The maximum absolute atomic E-state index is 11.3. The Morgan fingerprint density at radius 1 is 1.07 bits per heavy atom. The summed E-state index contributed by atoms with van der Waals surface area (Å²) in [4.78, 5) is 32.0. The average Bonchev–Trinajstić information content (AvgIpc) is 3.17. The molecule has 0 radical (unpaired) electrons. The SMILES string of the molecule is O=C(O)CCC(=O)NCCOCCOCCNc1ccc([N+](=O)[O-])c2nonc12. The molecular formula is C16H21N5O8. The first-order valence-corrected chi connectivity index (χ1v) is 8.76. The molecule has 0 aliphatic rings. The molecule has 0 saturated heterocycles. The molecule has 0 spiro atoms. The van der Waals surface area contributed by atoms with Gasteiger partial charge in [-0.3, -0.25) is 19.7 Å². The lowest BCUT2D eigenvalue weighted by molar-refractivity contribution is -0.383. The van der Waals surface area contributed by atoms with E-state index in [0.29, 0.717) is 45.2 Å². The number of nitrogens with zero attached hydrogens (tertiary/aromatic N) is 3. The minimum Gasteiger partial charge on any atom is -0.481 e. The number of hydrogen-bond donors (Lipinski definition) is 3. The average molecular weight is 411 g/mol. The number of hydrogen-bond acceptors (Lipinski definition) is 10. The van der Waals surface area contributed by atoms with Crippen LogP contribution in [-0.4, -0.2) is 71.7 Å². The van der Waals surface area contributed by atoms with E-state index in [1.807, 2.05) is 0 Å². The lowest BCUT2D eigenvalue weighted by atomic mass is 10.2. The normalized spacial score (nSPS) is 10.8. The Hall–Kier alpha value is -3.32. The van der Waals surface area contributed by atoms with Crippen LogP contribution in [0.1, 0.15) is 12.8 Å². The molecule has 0 aliphatic heterocycles. The number of rotatable bonds is 14. The molecule has 1 amide bonds. The van der Waals surface area contributed by atoms with Crippen molar-refractivity contribution in [1.29, 1.82) is 0 Å². The highest BCUT2D eigenvalue weighted by Gasteiger charge is 2.19. The van der Waals surface area contributed by atoms with Gasteiger partial charge in [0.1, 0.15) is 0 Å². The zero-order valence-corrected chi connectivity index (χ0v) is 15.5. The molecule has 0 atom stereocenters. The van der Waals surface area contributed by atoms with Gasteiger partial charge in [0.25, 0.3) is 0 Å². The first-order valence-electron chi connectivity index (χ1n) is 8.76. The molecule has 29 heavy (non-hydrogen) atoms. The maximum Gasteiger partial charge on any atom is 0.303 e. The highest BCUT2D eigenvalue weighted by molar-refractivity contribution is 5.93. The first kappa shape index (κ1) is 22.0. The van der Waals surface area contributed by atoms with Crippen molar-refractivity contribution in [2.45, 2.75) is 12.8 Å². The third-order valence-electron chi connectivity index (χ3n) is 3.66. The number of carboxylic acids is 1. The van der Waals surface area contributed by atoms with Crippen molar-refractivity contribution >= 4 is 34.3 Å². The van der Waals surface area contributed by atoms with Crippen molar-refractivity contribution in [3.63, 3.8) is 0 Å². The van der Waals surface area contributed by atoms with Gasteiger partial charge in [0.15, 0.2) is 5.52 Å². The van der Waals surface area contributed by atoms with Gasteiger partial charge >= 0.3 is 11.7 Å². The number of ether oxygens (including phenoxy) is 2. The fourth-order valence-electron chi connectivity index (χ4n) is 2.29. The molecule has 13 heteroatoms. The predicted molar refractivity (Wildman–Crippen MR) is 98.5 cm³/mol. The number of benzene rings is 1. The van der Waals surface area contributed by atoms with Gasteiger partial charge in [-0.15, -0.1) is 0 Å². The summed E-state index contributed by atoms with van der Waals surface area (Å²) in [5.41, 5.74) is 0.709. The molecule has 13 nitrogen and oxygen atoms in total. The van der Waals surface area contributed by atoms with Crippen LogP contribution in [-0.2, 0) is 19.1 Å². The molecule has 3 N–H and O–H groups in total. The number of non-ortho nitro benzene ring substituents is 1. The number of anilines is 1. The van der Waals surface area contributed by atoms with Crippen LogP contribution >= 0.6 is 0 Å². The third kappa shape index (κ3) is 7.31. The van der Waals surface area contributed by atoms with Gasteiger partial charge in [0.05, 0.1) is 43.5 Å². The van der Waals surface area contributed by atoms with E-state index in [-0.39, 0.29) is 35.5 Å². The maximum atomic E-state index is 11.3. The summed E-state index contributed by atoms with van der Waals surface area (Å²) >= 11 is 0. The Balaban J connectivity index is 1.54. The Bertz CT molecular complexity index is 840. The molecule has 0 aliphatic carbocycles. The van der Waals surface area contributed by atoms with Gasteiger partial charge in [-0.25, -0.2) is 4.63 Å². The van der Waals surface area contributed by atoms with Gasteiger partial charge in [-0.1, -0.05) is 0 Å². The van der Waals surface area contributed by atoms with Gasteiger partial charge < -0.3 is 25.2 Å². The molecule has 0 unspecified atom stereocenters. The highest BCUT2D eigenvalue weighted by Crippen LogP contribution is 2.28. The number of aromatic nitrogens is 2. The largest absolute Gasteiger partial charge is 0.481 e. The number of nitrogens with one attached hydrogen (secondary N) is 2. The summed E-state index contributed by atoms with van der Waals surface area (Å²) in [5.74, 6) is -1.35. The van der Waals surface area contributed by atoms with Gasteiger partial charge in [-0.05, 0) is 16.4 Å². The Morgan fingerprint density at radius 2 is 1.76 bits per heavy atom. The van der Waals surface area contributed by atoms with E-state index >= 15 is 0 Å². The van der Waals surface area contributed by atoms with Crippen molar-refractivity contribution in [2.75, 3.05) is 44.8 Å². The predicted octanol–water partition coefficient (Wildman–Crippen LogP) is 0.557. The van der Waals surface area contributed by atoms with Crippen LogP contribution in [0.2, 0.25) is 0 Å². The number of nitro benzene ring substituents is 1. The van der Waals surface area contributed by atoms with Crippen LogP contribution in [0.4, 0.5) is 11.4 Å². The number of fused-ring (bicyclic) bond motifs is 1. The minimum atomic E-state index is -1.02. The van der Waals surface area contributed by atoms with Crippen molar-refractivity contribution in [3.8, 4) is 0 Å². The van der Waals surface area contributed by atoms with Crippen LogP contribution in [0, 0.1) is 10.1 Å². The quantitative estimate of drug-likeness (QED) is 0.224. The molecule has 0 saturated carbocycles. The van der Waals surface area contributed by atoms with E-state index in [0.717, 1.165) is 0 Å². The highest BCUT2D eigenvalue weighted by atomic mass is 16.6. The second kappa shape index (κ2) is 11.5. The molecule has 0 bridgehead atoms. The van der Waals surface area contributed by atoms with Gasteiger partial charge in [-0.2, -0.15) is 0 Å². The van der Waals surface area contributed by atoms with E-state index in [1.165, 1.54) is 12.1 Å². The monoisotopic (exact) mass is 411 g/mol. The summed E-state index contributed by atoms with van der Waals surface area (Å²) < 4.78 is 15.3. The smallest absolute Gasteiger partial charge is 0.303 e. The fraction of sp³-hybridized carbons (Fsp3) is 0.500. The molecule has 1 aromatic heterocycles. The van der Waals surface area contributed by atoms with Crippen molar-refractivity contribution in [3.05, 3.63) is 22.2 Å². The Morgan fingerprint density at radius 3 is 2.45 bits per heavy atom. The number of carboxylic acid groups (broad SMARTS) is 1. The zero-order chi connectivity index (χ0) is 21.1. The fourth-order valence-corrected chi connectivity index (χ4v) is 2.29. The molecule has 1 heterocycles. The van der Waals surface area contributed by atoms with Gasteiger partial charge in [0, 0.05) is 25.6 Å². The lowest BCUT2D eigenvalue weighted by Crippen LogP contribution is -2.28. The molecule has 0 fully saturated rings. The van der Waals surface area contributed by atoms with Crippen LogP contribution < -0.4 is 10.6 Å². The molecular weight excluding hydrogens is 390 g/mol. The summed E-state index contributed by atoms with van der Waals surface area (Å²) in [6.07, 6.45) is -0.260. The summed E-state index contributed by atoms with van der Waals surface area (Å²) in [6.45, 7) is 2.05. The first-order chi connectivity index (χ1) is 14.0. The Labute approximate surface area is 164 Å². The molecule has 1 aromatic carbocycles. The number of carbonyl (C=O) groups is 2. The van der Waals surface area contributed by atoms with E-state index in [4.69, 9.17) is 14.6 Å². The summed E-state index contributed by atoms with van der Waals surface area (Å²) in [7, 11) is 0. The summed E-state index contributed by atoms with van der Waals surface area (Å²) in [6, 6.07) is 2.85. The van der Waals surface area contributed by atoms with Crippen LogP contribution in [0.3, 0.4) is 0 Å². The number of aliphatic carboxylic acids is 1. The minimum absolute atomic E-state index is 0.0586. The molecule has 158 valence electrons. The summed E-state index contributed by atoms with van der Waals surface area (Å²) in [5, 5.41) is 32.2. The molecule has 2 aromatic rings. The number of nitro groups is 1. The second-order valence-corrected chi connectivity index (χ2v) is 5.75. The zero-order valence-electron chi connectivity index (χ0n) is 15.5. The topological polar surface area (TPSA) is 179 Å². The Kier molecular flexibility index (Phi) is 8.72. The standard InChI is InChI=1S/C16H21N5O8/c22-13(3-4-14(23)24)18-6-8-28-10-9-27-7-5-17-11-1-2-12(21(25)26)16-15(11)19-29-20-16/h1-2,17H,3-10H2,(H,18,22)(H,23,24). The lowest BCUT2D eigenvalue weighted by Gasteiger charge is -2.08. The van der Waals surface area contributed by atoms with Crippen molar-refractivity contribution in [1.82, 2.24) is 15.6 Å². The van der Waals surface area contributed by atoms with Crippen LogP contribution in [0.5, 0.6) is 0 Å². The van der Waals surface area contributed by atoms with Gasteiger partial charge in [0.2, 0.25) is 11.4 Å². The van der Waals surface area contributed by atoms with E-state index < -0.39 is 10.9 Å². The second-order valence-electron chi connectivity index (χ2n) is 5.75. The third-order valence-corrected chi connectivity index (χ3v) is 3.66.